The Hall–Kier alpha value is -1.12. The highest BCUT2D eigenvalue weighted by molar-refractivity contribution is 9.10. The van der Waals surface area contributed by atoms with Gasteiger partial charge in [0.05, 0.1) is 17.8 Å². The van der Waals surface area contributed by atoms with Gasteiger partial charge in [-0.15, -0.1) is 0 Å². The number of aromatic nitrogens is 1. The summed E-state index contributed by atoms with van der Waals surface area (Å²) in [5, 5.41) is 8.91. The first-order chi connectivity index (χ1) is 8.61. The van der Waals surface area contributed by atoms with Crippen LogP contribution >= 0.6 is 15.9 Å². The highest BCUT2D eigenvalue weighted by Gasteiger charge is 2.21. The second-order valence-electron chi connectivity index (χ2n) is 4.56. The topological polar surface area (TPSA) is 43.2 Å². The van der Waals surface area contributed by atoms with Gasteiger partial charge in [-0.25, -0.2) is 4.98 Å². The summed E-state index contributed by atoms with van der Waals surface area (Å²) in [7, 11) is 0. The second-order valence-corrected chi connectivity index (χ2v) is 5.42. The minimum absolute atomic E-state index is 0.00626. The van der Waals surface area contributed by atoms with Crippen molar-refractivity contribution in [3.05, 3.63) is 22.3 Å². The summed E-state index contributed by atoms with van der Waals surface area (Å²) in [5.74, 6) is 1.03. The molecule has 1 unspecified atom stereocenters. The zero-order valence-electron chi connectivity index (χ0n) is 10.7. The number of hydrogen-bond donors (Lipinski definition) is 0. The number of anilines is 1. The Bertz CT molecular complexity index is 461. The highest BCUT2D eigenvalue weighted by atomic mass is 79.9. The van der Waals surface area contributed by atoms with Crippen LogP contribution in [-0.2, 0) is 0 Å². The van der Waals surface area contributed by atoms with Crippen LogP contribution in [0.2, 0.25) is 0 Å². The molecule has 2 heterocycles. The largest absolute Gasteiger partial charge is 0.354 e. The summed E-state index contributed by atoms with van der Waals surface area (Å²) in [6, 6.07) is 6.38. The third kappa shape index (κ3) is 2.82. The van der Waals surface area contributed by atoms with Crippen molar-refractivity contribution in [1.29, 1.82) is 5.26 Å². The summed E-state index contributed by atoms with van der Waals surface area (Å²) in [6.07, 6.45) is 0. The van der Waals surface area contributed by atoms with Gasteiger partial charge in [-0.2, -0.15) is 5.26 Å². The standard InChI is InChI=1S/C13H17BrN4/c1-10(9-15)17-5-7-18(8-6-17)13-4-3-12(14)11(2)16-13/h3-4,10H,5-8H2,1-2H3. The van der Waals surface area contributed by atoms with E-state index >= 15 is 0 Å². The molecule has 1 fully saturated rings. The van der Waals surface area contributed by atoms with Gasteiger partial charge in [-0.05, 0) is 41.9 Å². The van der Waals surface area contributed by atoms with E-state index in [9.17, 15) is 0 Å². The summed E-state index contributed by atoms with van der Waals surface area (Å²) in [4.78, 5) is 9.07. The van der Waals surface area contributed by atoms with Gasteiger partial charge >= 0.3 is 0 Å². The Kier molecular flexibility index (Phi) is 4.20. The first-order valence-corrected chi connectivity index (χ1v) is 6.93. The molecule has 0 aromatic carbocycles. The predicted octanol–water partition coefficient (Wildman–Crippen LogP) is 2.19. The van der Waals surface area contributed by atoms with Crippen LogP contribution in [0.5, 0.6) is 0 Å². The fraction of sp³-hybridized carbons (Fsp3) is 0.538. The molecule has 0 saturated carbocycles. The Morgan fingerprint density at radius 1 is 1.33 bits per heavy atom. The maximum absolute atomic E-state index is 8.91. The summed E-state index contributed by atoms with van der Waals surface area (Å²) in [5.41, 5.74) is 1.01. The van der Waals surface area contributed by atoms with Crippen molar-refractivity contribution in [2.45, 2.75) is 19.9 Å². The molecule has 0 spiro atoms. The van der Waals surface area contributed by atoms with E-state index in [4.69, 9.17) is 5.26 Å². The van der Waals surface area contributed by atoms with Crippen LogP contribution in [0.4, 0.5) is 5.82 Å². The monoisotopic (exact) mass is 308 g/mol. The quantitative estimate of drug-likeness (QED) is 0.840. The molecule has 1 aromatic rings. The fourth-order valence-electron chi connectivity index (χ4n) is 2.13. The van der Waals surface area contributed by atoms with E-state index < -0.39 is 0 Å². The third-order valence-electron chi connectivity index (χ3n) is 3.38. The SMILES string of the molecule is Cc1nc(N2CCN(C(C)C#N)CC2)ccc1Br. The van der Waals surface area contributed by atoms with Crippen molar-refractivity contribution >= 4 is 21.7 Å². The smallest absolute Gasteiger partial charge is 0.128 e. The molecule has 0 radical (unpaired) electrons. The van der Waals surface area contributed by atoms with Gasteiger partial charge in [0.25, 0.3) is 0 Å². The lowest BCUT2D eigenvalue weighted by molar-refractivity contribution is 0.231. The summed E-state index contributed by atoms with van der Waals surface area (Å²) >= 11 is 3.47. The van der Waals surface area contributed by atoms with Crippen molar-refractivity contribution in [1.82, 2.24) is 9.88 Å². The molecule has 4 nitrogen and oxygen atoms in total. The molecule has 1 aliphatic heterocycles. The van der Waals surface area contributed by atoms with E-state index in [0.717, 1.165) is 42.2 Å². The van der Waals surface area contributed by atoms with Crippen LogP contribution in [0.25, 0.3) is 0 Å². The lowest BCUT2D eigenvalue weighted by Crippen LogP contribution is -2.49. The Balaban J connectivity index is 2.01. The number of rotatable bonds is 2. The van der Waals surface area contributed by atoms with Gasteiger partial charge in [-0.1, -0.05) is 0 Å². The molecular formula is C13H17BrN4. The molecule has 0 N–H and O–H groups in total. The van der Waals surface area contributed by atoms with Crippen molar-refractivity contribution < 1.29 is 0 Å². The predicted molar refractivity (Wildman–Crippen MR) is 75.5 cm³/mol. The highest BCUT2D eigenvalue weighted by Crippen LogP contribution is 2.20. The average Bonchev–Trinajstić information content (AvgIpc) is 2.41. The molecule has 5 heteroatoms. The van der Waals surface area contributed by atoms with Gasteiger partial charge in [0.1, 0.15) is 5.82 Å². The number of nitriles is 1. The molecule has 1 aliphatic rings. The first kappa shape index (κ1) is 13.3. The van der Waals surface area contributed by atoms with E-state index in [1.807, 2.05) is 26.0 Å². The fourth-order valence-corrected chi connectivity index (χ4v) is 2.35. The number of pyridine rings is 1. The molecule has 1 atom stereocenters. The minimum Gasteiger partial charge on any atom is -0.354 e. The molecule has 1 saturated heterocycles. The number of nitrogens with zero attached hydrogens (tertiary/aromatic N) is 4. The van der Waals surface area contributed by atoms with Crippen LogP contribution in [-0.4, -0.2) is 42.1 Å². The zero-order valence-corrected chi connectivity index (χ0v) is 12.3. The van der Waals surface area contributed by atoms with Crippen LogP contribution in [0.3, 0.4) is 0 Å². The van der Waals surface area contributed by atoms with E-state index in [1.165, 1.54) is 0 Å². The third-order valence-corrected chi connectivity index (χ3v) is 4.22. The molecule has 0 amide bonds. The first-order valence-electron chi connectivity index (χ1n) is 6.13. The van der Waals surface area contributed by atoms with Crippen molar-refractivity contribution in [2.75, 3.05) is 31.1 Å². The Morgan fingerprint density at radius 3 is 2.56 bits per heavy atom. The van der Waals surface area contributed by atoms with Gasteiger partial charge in [0.2, 0.25) is 0 Å². The molecule has 0 aliphatic carbocycles. The van der Waals surface area contributed by atoms with Crippen LogP contribution in [0, 0.1) is 18.3 Å². The van der Waals surface area contributed by atoms with E-state index in [0.29, 0.717) is 0 Å². The van der Waals surface area contributed by atoms with E-state index in [1.54, 1.807) is 0 Å². The lowest BCUT2D eigenvalue weighted by Gasteiger charge is -2.36. The normalized spacial score (nSPS) is 18.4. The molecule has 96 valence electrons. The Labute approximate surface area is 116 Å². The minimum atomic E-state index is 0.00626. The van der Waals surface area contributed by atoms with Gasteiger partial charge in [0, 0.05) is 30.7 Å². The summed E-state index contributed by atoms with van der Waals surface area (Å²) in [6.45, 7) is 7.66. The molecule has 1 aromatic heterocycles. The zero-order chi connectivity index (χ0) is 13.1. The molecule has 2 rings (SSSR count). The second kappa shape index (κ2) is 5.68. The molecular weight excluding hydrogens is 292 g/mol. The van der Waals surface area contributed by atoms with Gasteiger partial charge in [-0.3, -0.25) is 4.90 Å². The van der Waals surface area contributed by atoms with Gasteiger partial charge < -0.3 is 4.90 Å². The number of piperazine rings is 1. The lowest BCUT2D eigenvalue weighted by atomic mass is 10.2. The van der Waals surface area contributed by atoms with E-state index in [-0.39, 0.29) is 6.04 Å². The molecule has 18 heavy (non-hydrogen) atoms. The van der Waals surface area contributed by atoms with Crippen molar-refractivity contribution in [3.63, 3.8) is 0 Å². The van der Waals surface area contributed by atoms with E-state index in [2.05, 4.69) is 36.8 Å². The number of aryl methyl sites for hydroxylation is 1. The van der Waals surface area contributed by atoms with Crippen LogP contribution < -0.4 is 4.90 Å². The van der Waals surface area contributed by atoms with Crippen LogP contribution in [0.1, 0.15) is 12.6 Å². The van der Waals surface area contributed by atoms with Crippen molar-refractivity contribution in [2.24, 2.45) is 0 Å². The Morgan fingerprint density at radius 2 is 2.00 bits per heavy atom. The maximum atomic E-state index is 8.91. The maximum Gasteiger partial charge on any atom is 0.128 e. The van der Waals surface area contributed by atoms with Crippen molar-refractivity contribution in [3.8, 4) is 6.07 Å². The summed E-state index contributed by atoms with van der Waals surface area (Å²) < 4.78 is 1.04. The van der Waals surface area contributed by atoms with Crippen LogP contribution in [0.15, 0.2) is 16.6 Å². The molecule has 0 bridgehead atoms. The number of halogens is 1. The number of hydrogen-bond acceptors (Lipinski definition) is 4. The average molecular weight is 309 g/mol. The van der Waals surface area contributed by atoms with Gasteiger partial charge in [0.15, 0.2) is 0 Å².